The summed E-state index contributed by atoms with van der Waals surface area (Å²) in [6, 6.07) is 0. The maximum atomic E-state index is 11.5. The van der Waals surface area contributed by atoms with Gasteiger partial charge in [0.05, 0.1) is 19.1 Å². The maximum Gasteiger partial charge on any atom is 0.334 e. The summed E-state index contributed by atoms with van der Waals surface area (Å²) in [5.41, 5.74) is 0.147. The topological polar surface area (TPSA) is 52.6 Å². The molecule has 4 heteroatoms. The van der Waals surface area contributed by atoms with E-state index in [1.165, 1.54) is 32.1 Å². The van der Waals surface area contributed by atoms with Crippen molar-refractivity contribution in [1.29, 1.82) is 0 Å². The van der Waals surface area contributed by atoms with Crippen molar-refractivity contribution < 1.29 is 19.1 Å². The molecule has 0 aromatic heterocycles. The zero-order valence-electron chi connectivity index (χ0n) is 13.8. The van der Waals surface area contributed by atoms with Crippen LogP contribution in [0.4, 0.5) is 0 Å². The van der Waals surface area contributed by atoms with E-state index < -0.39 is 11.9 Å². The van der Waals surface area contributed by atoms with Crippen molar-refractivity contribution in [2.45, 2.75) is 78.2 Å². The standard InChI is InChI=1S/C17H30O4/c1-5-6-7-8-9-10-11-12-20-16(18)13-15(4)17(19)21-14(2)3/h14H,4-13H2,1-3H3. The predicted molar refractivity (Wildman–Crippen MR) is 83.9 cm³/mol. The molecule has 4 nitrogen and oxygen atoms in total. The zero-order valence-corrected chi connectivity index (χ0v) is 13.8. The number of hydrogen-bond donors (Lipinski definition) is 0. The minimum Gasteiger partial charge on any atom is -0.465 e. The van der Waals surface area contributed by atoms with Gasteiger partial charge in [-0.2, -0.15) is 0 Å². The lowest BCUT2D eigenvalue weighted by Gasteiger charge is -2.09. The molecule has 0 radical (unpaired) electrons. The Kier molecular flexibility index (Phi) is 11.6. The molecular weight excluding hydrogens is 268 g/mol. The molecule has 0 aliphatic rings. The second-order valence-corrected chi connectivity index (χ2v) is 5.58. The summed E-state index contributed by atoms with van der Waals surface area (Å²) in [6.45, 7) is 9.68. The number of hydrogen-bond acceptors (Lipinski definition) is 4. The van der Waals surface area contributed by atoms with E-state index >= 15 is 0 Å². The molecule has 0 saturated carbocycles. The SMILES string of the molecule is C=C(CC(=O)OCCCCCCCCC)C(=O)OC(C)C. The molecule has 0 heterocycles. The van der Waals surface area contributed by atoms with Gasteiger partial charge in [-0.3, -0.25) is 4.79 Å². The first-order valence-corrected chi connectivity index (χ1v) is 8.01. The van der Waals surface area contributed by atoms with Crippen LogP contribution in [-0.2, 0) is 19.1 Å². The monoisotopic (exact) mass is 298 g/mol. The molecule has 0 amide bonds. The molecular formula is C17H30O4. The summed E-state index contributed by atoms with van der Waals surface area (Å²) in [6.07, 6.45) is 7.91. The number of carbonyl (C=O) groups excluding carboxylic acids is 2. The summed E-state index contributed by atoms with van der Waals surface area (Å²) >= 11 is 0. The van der Waals surface area contributed by atoms with Crippen LogP contribution in [-0.4, -0.2) is 24.6 Å². The quantitative estimate of drug-likeness (QED) is 0.308. The first-order chi connectivity index (χ1) is 9.97. The van der Waals surface area contributed by atoms with E-state index in [0.29, 0.717) is 6.61 Å². The Morgan fingerprint density at radius 1 is 1.00 bits per heavy atom. The molecule has 0 fully saturated rings. The molecule has 0 aliphatic heterocycles. The molecule has 0 bridgehead atoms. The van der Waals surface area contributed by atoms with E-state index in [4.69, 9.17) is 9.47 Å². The molecule has 0 aromatic rings. The summed E-state index contributed by atoms with van der Waals surface area (Å²) in [5.74, 6) is -0.940. The van der Waals surface area contributed by atoms with Crippen LogP contribution in [0.15, 0.2) is 12.2 Å². The molecule has 0 atom stereocenters. The third kappa shape index (κ3) is 12.2. The van der Waals surface area contributed by atoms with Crippen LogP contribution in [0, 0.1) is 0 Å². The van der Waals surface area contributed by atoms with Gasteiger partial charge in [0.1, 0.15) is 0 Å². The molecule has 122 valence electrons. The van der Waals surface area contributed by atoms with Crippen molar-refractivity contribution in [3.8, 4) is 0 Å². The molecule has 0 aliphatic carbocycles. The number of unbranched alkanes of at least 4 members (excludes halogenated alkanes) is 6. The second kappa shape index (κ2) is 12.4. The van der Waals surface area contributed by atoms with E-state index in [9.17, 15) is 9.59 Å². The Bertz CT molecular complexity index is 321. The van der Waals surface area contributed by atoms with Crippen LogP contribution in [0.5, 0.6) is 0 Å². The fourth-order valence-electron chi connectivity index (χ4n) is 1.84. The summed E-state index contributed by atoms with van der Waals surface area (Å²) in [5, 5.41) is 0. The minimum atomic E-state index is -0.530. The van der Waals surface area contributed by atoms with Gasteiger partial charge in [-0.25, -0.2) is 4.79 Å². The maximum absolute atomic E-state index is 11.5. The number of esters is 2. The number of carbonyl (C=O) groups is 2. The third-order valence-corrected chi connectivity index (χ3v) is 3.00. The van der Waals surface area contributed by atoms with E-state index in [0.717, 1.165) is 12.8 Å². The van der Waals surface area contributed by atoms with Gasteiger partial charge in [-0.1, -0.05) is 52.0 Å². The van der Waals surface area contributed by atoms with Gasteiger partial charge >= 0.3 is 11.9 Å². The average molecular weight is 298 g/mol. The van der Waals surface area contributed by atoms with Gasteiger partial charge in [0.2, 0.25) is 0 Å². The van der Waals surface area contributed by atoms with Gasteiger partial charge in [0, 0.05) is 5.57 Å². The lowest BCUT2D eigenvalue weighted by molar-refractivity contribution is -0.148. The summed E-state index contributed by atoms with van der Waals surface area (Å²) in [7, 11) is 0. The number of rotatable bonds is 12. The molecule has 0 unspecified atom stereocenters. The zero-order chi connectivity index (χ0) is 16.1. The van der Waals surface area contributed by atoms with E-state index in [2.05, 4.69) is 13.5 Å². The lowest BCUT2D eigenvalue weighted by Crippen LogP contribution is -2.16. The Morgan fingerprint density at radius 3 is 2.14 bits per heavy atom. The molecule has 0 spiro atoms. The van der Waals surface area contributed by atoms with Crippen molar-refractivity contribution >= 4 is 11.9 Å². The van der Waals surface area contributed by atoms with Crippen LogP contribution in [0.2, 0.25) is 0 Å². The average Bonchev–Trinajstić information content (AvgIpc) is 2.41. The Labute approximate surface area is 128 Å². The molecule has 0 saturated heterocycles. The summed E-state index contributed by atoms with van der Waals surface area (Å²) in [4.78, 5) is 23.0. The highest BCUT2D eigenvalue weighted by atomic mass is 16.5. The van der Waals surface area contributed by atoms with Gasteiger partial charge in [-0.05, 0) is 20.3 Å². The van der Waals surface area contributed by atoms with Crippen molar-refractivity contribution in [1.82, 2.24) is 0 Å². The fraction of sp³-hybridized carbons (Fsp3) is 0.765. The number of ether oxygens (including phenoxy) is 2. The minimum absolute atomic E-state index is 0.0952. The van der Waals surface area contributed by atoms with Gasteiger partial charge in [-0.15, -0.1) is 0 Å². The van der Waals surface area contributed by atoms with Crippen molar-refractivity contribution in [2.75, 3.05) is 6.61 Å². The highest BCUT2D eigenvalue weighted by molar-refractivity contribution is 5.93. The van der Waals surface area contributed by atoms with Gasteiger partial charge < -0.3 is 9.47 Å². The van der Waals surface area contributed by atoms with Gasteiger partial charge in [0.15, 0.2) is 0 Å². The highest BCUT2D eigenvalue weighted by Crippen LogP contribution is 2.08. The Morgan fingerprint density at radius 2 is 1.57 bits per heavy atom. The molecule has 21 heavy (non-hydrogen) atoms. The smallest absolute Gasteiger partial charge is 0.334 e. The largest absolute Gasteiger partial charge is 0.465 e. The fourth-order valence-corrected chi connectivity index (χ4v) is 1.84. The Hall–Kier alpha value is -1.32. The lowest BCUT2D eigenvalue weighted by atomic mass is 10.1. The second-order valence-electron chi connectivity index (χ2n) is 5.58. The molecule has 0 aromatic carbocycles. The molecule has 0 N–H and O–H groups in total. The van der Waals surface area contributed by atoms with Crippen molar-refractivity contribution in [2.24, 2.45) is 0 Å². The van der Waals surface area contributed by atoms with Crippen LogP contribution in [0.3, 0.4) is 0 Å². The normalized spacial score (nSPS) is 10.5. The van der Waals surface area contributed by atoms with E-state index in [-0.39, 0.29) is 18.1 Å². The molecule has 0 rings (SSSR count). The summed E-state index contributed by atoms with van der Waals surface area (Å²) < 4.78 is 10.0. The van der Waals surface area contributed by atoms with Crippen molar-refractivity contribution in [3.05, 3.63) is 12.2 Å². The predicted octanol–water partition coefficient (Wildman–Crippen LogP) is 4.18. The van der Waals surface area contributed by atoms with Crippen LogP contribution < -0.4 is 0 Å². The van der Waals surface area contributed by atoms with Crippen molar-refractivity contribution in [3.63, 3.8) is 0 Å². The Balaban J connectivity index is 3.58. The first kappa shape index (κ1) is 19.7. The van der Waals surface area contributed by atoms with E-state index in [1.54, 1.807) is 13.8 Å². The highest BCUT2D eigenvalue weighted by Gasteiger charge is 2.15. The van der Waals surface area contributed by atoms with E-state index in [1.807, 2.05) is 0 Å². The van der Waals surface area contributed by atoms with Crippen LogP contribution in [0.1, 0.15) is 72.1 Å². The first-order valence-electron chi connectivity index (χ1n) is 8.01. The third-order valence-electron chi connectivity index (χ3n) is 3.00. The van der Waals surface area contributed by atoms with Crippen LogP contribution >= 0.6 is 0 Å². The van der Waals surface area contributed by atoms with Gasteiger partial charge in [0.25, 0.3) is 0 Å². The van der Waals surface area contributed by atoms with Crippen LogP contribution in [0.25, 0.3) is 0 Å².